The van der Waals surface area contributed by atoms with Gasteiger partial charge < -0.3 is 14.0 Å². The Labute approximate surface area is 150 Å². The third-order valence-corrected chi connectivity index (χ3v) is 3.97. The van der Waals surface area contributed by atoms with Crippen LogP contribution in [-0.4, -0.2) is 29.5 Å². The number of Topliss-reactive ketones (excluding diaryl/α,β-unsaturated/α-hetero) is 1. The van der Waals surface area contributed by atoms with Gasteiger partial charge in [-0.15, -0.1) is 0 Å². The molecule has 0 bridgehead atoms. The Bertz CT molecular complexity index is 782. The molecule has 0 spiro atoms. The lowest BCUT2D eigenvalue weighted by Crippen LogP contribution is -2.15. The van der Waals surface area contributed by atoms with Crippen LogP contribution in [0.1, 0.15) is 45.4 Å². The second-order valence-electron chi connectivity index (χ2n) is 5.84. The number of benzene rings is 1. The summed E-state index contributed by atoms with van der Waals surface area (Å²) in [6.45, 7) is 3.34. The van der Waals surface area contributed by atoms with Crippen molar-refractivity contribution in [1.82, 2.24) is 4.57 Å². The van der Waals surface area contributed by atoms with Crippen molar-refractivity contribution in [3.05, 3.63) is 52.8 Å². The van der Waals surface area contributed by atoms with Crippen LogP contribution in [0.4, 0.5) is 8.78 Å². The highest BCUT2D eigenvalue weighted by molar-refractivity contribution is 6.00. The number of alkyl halides is 2. The van der Waals surface area contributed by atoms with E-state index in [1.165, 1.54) is 24.3 Å². The zero-order chi connectivity index (χ0) is 19.3. The molecule has 140 valence electrons. The molecular formula is C19H21F2NO4. The average molecular weight is 365 g/mol. The number of ketones is 1. The van der Waals surface area contributed by atoms with Gasteiger partial charge in [0.2, 0.25) is 5.78 Å². The molecule has 2 aromatic rings. The van der Waals surface area contributed by atoms with Crippen LogP contribution in [-0.2, 0) is 11.3 Å². The van der Waals surface area contributed by atoms with Crippen LogP contribution in [0, 0.1) is 13.8 Å². The predicted octanol–water partition coefficient (Wildman–Crippen LogP) is 4.16. The summed E-state index contributed by atoms with van der Waals surface area (Å²) in [5, 5.41) is 0. The molecule has 0 amide bonds. The Kier molecular flexibility index (Phi) is 6.49. The number of hydrogen-bond donors (Lipinski definition) is 0. The first-order chi connectivity index (χ1) is 12.3. The molecule has 0 atom stereocenters. The van der Waals surface area contributed by atoms with Gasteiger partial charge in [0.1, 0.15) is 5.75 Å². The summed E-state index contributed by atoms with van der Waals surface area (Å²) in [5.41, 5.74) is 2.51. The minimum atomic E-state index is -2.93. The standard InChI is InChI=1S/C19H21F2NO4/c1-4-9-22-12(2)10-16(13(22)3)17(23)11-25-18(24)14-5-7-15(8-6-14)26-19(20)21/h5-8,10,19H,4,9,11H2,1-3H3. The average Bonchev–Trinajstić information content (AvgIpc) is 2.88. The molecule has 0 saturated carbocycles. The maximum atomic E-state index is 12.4. The highest BCUT2D eigenvalue weighted by atomic mass is 19.3. The van der Waals surface area contributed by atoms with E-state index in [1.54, 1.807) is 6.07 Å². The smallest absolute Gasteiger partial charge is 0.387 e. The zero-order valence-corrected chi connectivity index (χ0v) is 14.9. The maximum absolute atomic E-state index is 12.4. The van der Waals surface area contributed by atoms with Gasteiger partial charge >= 0.3 is 12.6 Å². The maximum Gasteiger partial charge on any atom is 0.387 e. The lowest BCUT2D eigenvalue weighted by molar-refractivity contribution is -0.0498. The normalized spacial score (nSPS) is 10.8. The van der Waals surface area contributed by atoms with Crippen molar-refractivity contribution >= 4 is 11.8 Å². The highest BCUT2D eigenvalue weighted by Crippen LogP contribution is 2.18. The molecule has 2 rings (SSSR count). The monoisotopic (exact) mass is 365 g/mol. The van der Waals surface area contributed by atoms with Gasteiger partial charge in [-0.25, -0.2) is 4.79 Å². The van der Waals surface area contributed by atoms with Gasteiger partial charge in [-0.1, -0.05) is 6.92 Å². The number of halogens is 2. The molecule has 0 radical (unpaired) electrons. The predicted molar refractivity (Wildman–Crippen MR) is 91.9 cm³/mol. The zero-order valence-electron chi connectivity index (χ0n) is 14.9. The Morgan fingerprint density at radius 3 is 2.38 bits per heavy atom. The second kappa shape index (κ2) is 8.60. The van der Waals surface area contributed by atoms with E-state index in [1.807, 2.05) is 13.8 Å². The molecule has 1 aromatic heterocycles. The first-order valence-corrected chi connectivity index (χ1v) is 8.25. The van der Waals surface area contributed by atoms with Crippen LogP contribution in [0.3, 0.4) is 0 Å². The fourth-order valence-electron chi connectivity index (χ4n) is 2.72. The fourth-order valence-corrected chi connectivity index (χ4v) is 2.72. The van der Waals surface area contributed by atoms with E-state index < -0.39 is 12.6 Å². The number of esters is 1. The summed E-state index contributed by atoms with van der Waals surface area (Å²) in [4.78, 5) is 24.4. The van der Waals surface area contributed by atoms with Gasteiger partial charge in [-0.05, 0) is 50.6 Å². The van der Waals surface area contributed by atoms with E-state index in [0.29, 0.717) is 5.56 Å². The molecule has 1 heterocycles. The second-order valence-corrected chi connectivity index (χ2v) is 5.84. The number of hydrogen-bond acceptors (Lipinski definition) is 4. The molecule has 0 fully saturated rings. The molecule has 0 saturated heterocycles. The first-order valence-electron chi connectivity index (χ1n) is 8.25. The summed E-state index contributed by atoms with van der Waals surface area (Å²) in [5.74, 6) is -1.05. The minimum Gasteiger partial charge on any atom is -0.454 e. The van der Waals surface area contributed by atoms with Gasteiger partial charge in [0.05, 0.1) is 5.56 Å². The van der Waals surface area contributed by atoms with Crippen LogP contribution in [0.15, 0.2) is 30.3 Å². The summed E-state index contributed by atoms with van der Waals surface area (Å²) in [6, 6.07) is 6.87. The summed E-state index contributed by atoms with van der Waals surface area (Å²) in [7, 11) is 0. The van der Waals surface area contributed by atoms with Crippen LogP contribution < -0.4 is 4.74 Å². The summed E-state index contributed by atoms with van der Waals surface area (Å²) >= 11 is 0. The molecule has 0 aliphatic carbocycles. The third-order valence-electron chi connectivity index (χ3n) is 3.97. The van der Waals surface area contributed by atoms with Gasteiger partial charge in [0.25, 0.3) is 0 Å². The van der Waals surface area contributed by atoms with Crippen LogP contribution in [0.2, 0.25) is 0 Å². The van der Waals surface area contributed by atoms with Gasteiger partial charge in [0, 0.05) is 23.5 Å². The van der Waals surface area contributed by atoms with E-state index in [4.69, 9.17) is 4.74 Å². The lowest BCUT2D eigenvalue weighted by Gasteiger charge is -2.08. The SMILES string of the molecule is CCCn1c(C)cc(C(=O)COC(=O)c2ccc(OC(F)F)cc2)c1C. The summed E-state index contributed by atoms with van der Waals surface area (Å²) < 4.78 is 35.5. The van der Waals surface area contributed by atoms with Crippen molar-refractivity contribution in [3.8, 4) is 5.75 Å². The van der Waals surface area contributed by atoms with Crippen LogP contribution in [0.25, 0.3) is 0 Å². The number of rotatable bonds is 8. The lowest BCUT2D eigenvalue weighted by atomic mass is 10.1. The minimum absolute atomic E-state index is 0.0593. The molecule has 26 heavy (non-hydrogen) atoms. The quantitative estimate of drug-likeness (QED) is 0.521. The molecule has 0 aliphatic heterocycles. The van der Waals surface area contributed by atoms with E-state index in [2.05, 4.69) is 16.2 Å². The Balaban J connectivity index is 1.99. The molecular weight excluding hydrogens is 344 g/mol. The van der Waals surface area contributed by atoms with Crippen molar-refractivity contribution in [3.63, 3.8) is 0 Å². The topological polar surface area (TPSA) is 57.5 Å². The highest BCUT2D eigenvalue weighted by Gasteiger charge is 2.17. The first kappa shape index (κ1) is 19.6. The van der Waals surface area contributed by atoms with Crippen LogP contribution in [0.5, 0.6) is 5.75 Å². The number of nitrogens with zero attached hydrogens (tertiary/aromatic N) is 1. The number of aromatic nitrogens is 1. The number of aryl methyl sites for hydroxylation is 1. The fraction of sp³-hybridized carbons (Fsp3) is 0.368. The van der Waals surface area contributed by atoms with Gasteiger partial charge in [-0.3, -0.25) is 4.79 Å². The van der Waals surface area contributed by atoms with Crippen molar-refractivity contribution in [2.75, 3.05) is 6.61 Å². The Hall–Kier alpha value is -2.70. The van der Waals surface area contributed by atoms with E-state index in [-0.39, 0.29) is 23.7 Å². The van der Waals surface area contributed by atoms with E-state index >= 15 is 0 Å². The molecule has 5 nitrogen and oxygen atoms in total. The Morgan fingerprint density at radius 1 is 1.15 bits per heavy atom. The van der Waals surface area contributed by atoms with E-state index in [9.17, 15) is 18.4 Å². The Morgan fingerprint density at radius 2 is 1.81 bits per heavy atom. The number of carbonyl (C=O) groups is 2. The summed E-state index contributed by atoms with van der Waals surface area (Å²) in [6.07, 6.45) is 0.949. The number of carbonyl (C=O) groups excluding carboxylic acids is 2. The largest absolute Gasteiger partial charge is 0.454 e. The van der Waals surface area contributed by atoms with E-state index in [0.717, 1.165) is 24.4 Å². The molecule has 0 N–H and O–H groups in total. The van der Waals surface area contributed by atoms with Crippen LogP contribution >= 0.6 is 0 Å². The van der Waals surface area contributed by atoms with Crippen molar-refractivity contribution in [1.29, 1.82) is 0 Å². The number of ether oxygens (including phenoxy) is 2. The molecule has 0 unspecified atom stereocenters. The van der Waals surface area contributed by atoms with Crippen molar-refractivity contribution in [2.24, 2.45) is 0 Å². The van der Waals surface area contributed by atoms with Crippen molar-refractivity contribution in [2.45, 2.75) is 40.3 Å². The van der Waals surface area contributed by atoms with Crippen molar-refractivity contribution < 1.29 is 27.8 Å². The van der Waals surface area contributed by atoms with Gasteiger partial charge in [-0.2, -0.15) is 8.78 Å². The third kappa shape index (κ3) is 4.68. The van der Waals surface area contributed by atoms with Gasteiger partial charge in [0.15, 0.2) is 6.61 Å². The molecule has 1 aromatic carbocycles. The molecule has 0 aliphatic rings. The molecule has 7 heteroatoms.